The molecule has 0 unspecified atom stereocenters. The Labute approximate surface area is 415 Å². The Bertz CT molecular complexity index is 2280. The number of carboxylic acids is 1. The Morgan fingerprint density at radius 3 is 1.92 bits per heavy atom. The molecule has 0 saturated heterocycles. The predicted octanol–water partition coefficient (Wildman–Crippen LogP) is 5.56. The van der Waals surface area contributed by atoms with E-state index in [-0.39, 0.29) is 88.7 Å². The molecular formula is C53H69N5O13. The van der Waals surface area contributed by atoms with Crippen LogP contribution in [0, 0.1) is 5.92 Å². The summed E-state index contributed by atoms with van der Waals surface area (Å²) in [4.78, 5) is 88.0. The largest absolute Gasteiger partial charge is 0.481 e. The predicted molar refractivity (Wildman–Crippen MR) is 266 cm³/mol. The van der Waals surface area contributed by atoms with Gasteiger partial charge >= 0.3 is 11.9 Å². The van der Waals surface area contributed by atoms with Gasteiger partial charge in [0.25, 0.3) is 0 Å². The Morgan fingerprint density at radius 1 is 0.620 bits per heavy atom. The molecule has 0 saturated carbocycles. The molecule has 1 atom stereocenters. The summed E-state index contributed by atoms with van der Waals surface area (Å²) in [5.74, 6) is -3.06. The zero-order valence-corrected chi connectivity index (χ0v) is 40.9. The van der Waals surface area contributed by atoms with Crippen molar-refractivity contribution < 1.29 is 62.4 Å². The van der Waals surface area contributed by atoms with Crippen LogP contribution in [0.5, 0.6) is 0 Å². The summed E-state index contributed by atoms with van der Waals surface area (Å²) in [6.07, 6.45) is 4.14. The Balaban J connectivity index is 0.797. The standard InChI is InChI=1S/C53H69N5O13/c1-37(2)52(53(66)55-34-48(61)56-40-20-18-38(19-21-40)36-71-51(65)17-10-16-50(63)64)57-47(60)23-26-68-28-30-70-32-31-69-29-27-67-25-22-46(59)54-24-9-3-4-15-49(62)58-35-39-11-5-6-12-41(39)43-33-44(43)42-13-7-8-14-45(42)58/h5-8,11-14,18-21,37,52H,3-4,9-10,15-17,22-36H2,1-2H3,(H,54,59)(H,55,66)(H,56,61)(H,57,60)(H,63,64)/t52-/m0/s1. The molecule has 5 rings (SSSR count). The van der Waals surface area contributed by atoms with Crippen molar-refractivity contribution in [2.75, 3.05) is 76.2 Å². The van der Waals surface area contributed by atoms with E-state index < -0.39 is 29.8 Å². The number of fused-ring (bicyclic) bond motifs is 4. The number of unbranched alkanes of at least 4 members (excludes halogenated alkanes) is 2. The molecule has 1 aliphatic carbocycles. The monoisotopic (exact) mass is 983 g/mol. The summed E-state index contributed by atoms with van der Waals surface area (Å²) in [6.45, 7) is 6.69. The van der Waals surface area contributed by atoms with Gasteiger partial charge in [0.15, 0.2) is 0 Å². The number of aliphatic carboxylic acids is 1. The lowest BCUT2D eigenvalue weighted by Crippen LogP contribution is -2.51. The van der Waals surface area contributed by atoms with Crippen LogP contribution in [0.1, 0.15) is 100 Å². The van der Waals surface area contributed by atoms with E-state index in [9.17, 15) is 33.6 Å². The highest BCUT2D eigenvalue weighted by atomic mass is 16.6. The van der Waals surface area contributed by atoms with Crippen molar-refractivity contribution in [2.24, 2.45) is 5.92 Å². The maximum atomic E-state index is 13.5. The molecule has 18 heteroatoms. The van der Waals surface area contributed by atoms with Gasteiger partial charge in [-0.05, 0) is 77.6 Å². The third-order valence-electron chi connectivity index (χ3n) is 11.6. The lowest BCUT2D eigenvalue weighted by atomic mass is 10.0. The van der Waals surface area contributed by atoms with Crippen molar-refractivity contribution in [2.45, 2.75) is 97.2 Å². The highest BCUT2D eigenvalue weighted by Gasteiger charge is 2.33. The lowest BCUT2D eigenvalue weighted by Gasteiger charge is -2.27. The number of para-hydroxylation sites is 1. The molecule has 2 aliphatic rings. The number of ether oxygens (including phenoxy) is 5. The average Bonchev–Trinajstić information content (AvgIpc) is 4.15. The fourth-order valence-corrected chi connectivity index (χ4v) is 7.73. The van der Waals surface area contributed by atoms with E-state index in [2.05, 4.69) is 45.5 Å². The zero-order chi connectivity index (χ0) is 50.8. The van der Waals surface area contributed by atoms with Crippen LogP contribution < -0.4 is 26.2 Å². The normalized spacial score (nSPS) is 12.9. The fourth-order valence-electron chi connectivity index (χ4n) is 7.73. The van der Waals surface area contributed by atoms with Crippen LogP contribution in [0.4, 0.5) is 11.4 Å². The Hall–Kier alpha value is -6.47. The first-order valence-corrected chi connectivity index (χ1v) is 24.5. The summed E-state index contributed by atoms with van der Waals surface area (Å²) >= 11 is 0. The van der Waals surface area contributed by atoms with Gasteiger partial charge in [0.2, 0.25) is 29.5 Å². The number of anilines is 2. The minimum absolute atomic E-state index is 0.00354. The van der Waals surface area contributed by atoms with Crippen LogP contribution >= 0.6 is 0 Å². The molecule has 0 bridgehead atoms. The van der Waals surface area contributed by atoms with Crippen molar-refractivity contribution >= 4 is 64.0 Å². The Kier molecular flexibility index (Phi) is 23.7. The van der Waals surface area contributed by atoms with Crippen molar-refractivity contribution in [3.8, 4) is 0 Å². The molecule has 1 aliphatic heterocycles. The second-order valence-corrected chi connectivity index (χ2v) is 17.6. The number of amides is 5. The molecule has 5 N–H and O–H groups in total. The van der Waals surface area contributed by atoms with Gasteiger partial charge in [-0.15, -0.1) is 0 Å². The second kappa shape index (κ2) is 30.3. The molecule has 0 radical (unpaired) electrons. The summed E-state index contributed by atoms with van der Waals surface area (Å²) in [6, 6.07) is 22.3. The number of esters is 1. The molecule has 18 nitrogen and oxygen atoms in total. The van der Waals surface area contributed by atoms with Crippen molar-refractivity contribution in [3.63, 3.8) is 0 Å². The highest BCUT2D eigenvalue weighted by molar-refractivity contribution is 6.13. The van der Waals surface area contributed by atoms with Gasteiger partial charge in [-0.1, -0.05) is 74.9 Å². The van der Waals surface area contributed by atoms with E-state index in [1.54, 1.807) is 38.1 Å². The number of nitrogens with zero attached hydrogens (tertiary/aromatic N) is 1. The third-order valence-corrected chi connectivity index (χ3v) is 11.6. The van der Waals surface area contributed by atoms with Crippen LogP contribution in [0.3, 0.4) is 0 Å². The number of hydrogen-bond acceptors (Lipinski definition) is 12. The maximum absolute atomic E-state index is 13.5. The van der Waals surface area contributed by atoms with E-state index in [0.717, 1.165) is 36.9 Å². The first-order valence-electron chi connectivity index (χ1n) is 24.5. The molecule has 3 aromatic rings. The first kappa shape index (κ1) is 55.5. The topological polar surface area (TPSA) is 237 Å². The molecule has 0 fully saturated rings. The number of rotatable bonds is 33. The number of allylic oxidation sites excluding steroid dienone is 2. The van der Waals surface area contributed by atoms with Crippen LogP contribution in [0.2, 0.25) is 0 Å². The maximum Gasteiger partial charge on any atom is 0.306 e. The summed E-state index contributed by atoms with van der Waals surface area (Å²) in [7, 11) is 0. The van der Waals surface area contributed by atoms with Gasteiger partial charge in [0.1, 0.15) is 12.6 Å². The van der Waals surface area contributed by atoms with Crippen LogP contribution in [-0.2, 0) is 70.4 Å². The summed E-state index contributed by atoms with van der Waals surface area (Å²) in [5.41, 5.74) is 8.41. The molecule has 0 spiro atoms. The average molecular weight is 984 g/mol. The summed E-state index contributed by atoms with van der Waals surface area (Å²) < 4.78 is 27.2. The van der Waals surface area contributed by atoms with Crippen molar-refractivity contribution in [1.29, 1.82) is 0 Å². The fraction of sp³-hybridized carbons (Fsp3) is 0.491. The third kappa shape index (κ3) is 20.0. The quantitative estimate of drug-likeness (QED) is 0.0372. The summed E-state index contributed by atoms with van der Waals surface area (Å²) in [5, 5.41) is 19.5. The smallest absolute Gasteiger partial charge is 0.306 e. The molecular weight excluding hydrogens is 915 g/mol. The molecule has 1 heterocycles. The number of nitrogens with one attached hydrogen (secondary N) is 4. The SMILES string of the molecule is CC(C)[C@H](NC(=O)CCOCCOCCOCCOCCC(=O)NCCCCCC(=O)N1Cc2ccccc2C2=C(C2)c2ccccc21)C(=O)NCC(=O)Nc1ccc(COC(=O)CCCC(=O)O)cc1. The molecule has 3 aromatic carbocycles. The van der Waals surface area contributed by atoms with Gasteiger partial charge in [0.05, 0.1) is 71.6 Å². The minimum atomic E-state index is -0.977. The van der Waals surface area contributed by atoms with Gasteiger partial charge in [-0.3, -0.25) is 33.6 Å². The lowest BCUT2D eigenvalue weighted by molar-refractivity contribution is -0.145. The van der Waals surface area contributed by atoms with E-state index in [4.69, 9.17) is 28.8 Å². The molecule has 5 amide bonds. The zero-order valence-electron chi connectivity index (χ0n) is 40.9. The first-order chi connectivity index (χ1) is 34.4. The van der Waals surface area contributed by atoms with Gasteiger partial charge in [-0.2, -0.15) is 0 Å². The number of carbonyl (C=O) groups excluding carboxylic acids is 6. The number of hydrogen-bond donors (Lipinski definition) is 5. The van der Waals surface area contributed by atoms with E-state index in [1.807, 2.05) is 29.2 Å². The van der Waals surface area contributed by atoms with Crippen LogP contribution in [0.25, 0.3) is 11.1 Å². The minimum Gasteiger partial charge on any atom is -0.481 e. The van der Waals surface area contributed by atoms with Crippen molar-refractivity contribution in [1.82, 2.24) is 16.0 Å². The molecule has 71 heavy (non-hydrogen) atoms. The number of carboxylic acid groups (broad SMARTS) is 1. The Morgan fingerprint density at radius 2 is 1.24 bits per heavy atom. The van der Waals surface area contributed by atoms with E-state index in [1.165, 1.54) is 22.3 Å². The van der Waals surface area contributed by atoms with E-state index >= 15 is 0 Å². The van der Waals surface area contributed by atoms with E-state index in [0.29, 0.717) is 63.8 Å². The second-order valence-electron chi connectivity index (χ2n) is 17.6. The van der Waals surface area contributed by atoms with Crippen molar-refractivity contribution in [3.05, 3.63) is 95.1 Å². The molecule has 384 valence electrons. The number of carbonyl (C=O) groups is 7. The van der Waals surface area contributed by atoms with Gasteiger partial charge in [0, 0.05) is 49.9 Å². The number of benzene rings is 3. The highest BCUT2D eigenvalue weighted by Crippen LogP contribution is 2.52. The van der Waals surface area contributed by atoms with Crippen LogP contribution in [0.15, 0.2) is 72.8 Å². The molecule has 0 aromatic heterocycles. The van der Waals surface area contributed by atoms with Crippen LogP contribution in [-0.4, -0.2) is 119 Å². The van der Waals surface area contributed by atoms with Gasteiger partial charge < -0.3 is 55.0 Å². The van der Waals surface area contributed by atoms with Gasteiger partial charge in [-0.25, -0.2) is 0 Å².